The Balaban J connectivity index is 2.87. The Kier molecular flexibility index (Phi) is 2.22. The van der Waals surface area contributed by atoms with Gasteiger partial charge in [0.15, 0.2) is 0 Å². The SMILES string of the molecule is CC(C)(Cn1cn[nH]c1=O)C(=O)O. The third-order valence-corrected chi connectivity index (χ3v) is 1.76. The van der Waals surface area contributed by atoms with Gasteiger partial charge < -0.3 is 5.11 Å². The molecule has 0 amide bonds. The highest BCUT2D eigenvalue weighted by Gasteiger charge is 2.28. The lowest BCUT2D eigenvalue weighted by Crippen LogP contribution is -2.32. The Hall–Kier alpha value is -1.59. The van der Waals surface area contributed by atoms with Crippen molar-refractivity contribution in [3.8, 4) is 0 Å². The second-order valence-corrected chi connectivity index (χ2v) is 3.48. The van der Waals surface area contributed by atoms with Crippen LogP contribution in [0, 0.1) is 5.41 Å². The van der Waals surface area contributed by atoms with Crippen molar-refractivity contribution in [3.05, 3.63) is 16.8 Å². The molecule has 1 aromatic rings. The predicted octanol–water partition coefficient (Wildman–Crippen LogP) is -0.318. The van der Waals surface area contributed by atoms with E-state index in [0.29, 0.717) is 0 Å². The summed E-state index contributed by atoms with van der Waals surface area (Å²) in [6, 6.07) is 0. The van der Waals surface area contributed by atoms with Crippen LogP contribution in [0.1, 0.15) is 13.8 Å². The van der Waals surface area contributed by atoms with E-state index in [1.807, 2.05) is 0 Å². The molecule has 1 heterocycles. The highest BCUT2D eigenvalue weighted by atomic mass is 16.4. The van der Waals surface area contributed by atoms with Crippen molar-refractivity contribution in [2.45, 2.75) is 20.4 Å². The van der Waals surface area contributed by atoms with E-state index in [-0.39, 0.29) is 6.54 Å². The highest BCUT2D eigenvalue weighted by molar-refractivity contribution is 5.73. The highest BCUT2D eigenvalue weighted by Crippen LogP contribution is 2.16. The molecular weight excluding hydrogens is 174 g/mol. The van der Waals surface area contributed by atoms with Crippen molar-refractivity contribution in [3.63, 3.8) is 0 Å². The Morgan fingerprint density at radius 1 is 1.77 bits per heavy atom. The summed E-state index contributed by atoms with van der Waals surface area (Å²) in [4.78, 5) is 21.7. The number of hydrogen-bond donors (Lipinski definition) is 2. The van der Waals surface area contributed by atoms with Gasteiger partial charge in [0, 0.05) is 6.54 Å². The largest absolute Gasteiger partial charge is 0.481 e. The molecule has 1 aromatic heterocycles. The average molecular weight is 185 g/mol. The van der Waals surface area contributed by atoms with Gasteiger partial charge in [-0.3, -0.25) is 9.36 Å². The third-order valence-electron chi connectivity index (χ3n) is 1.76. The summed E-state index contributed by atoms with van der Waals surface area (Å²) in [5, 5.41) is 14.5. The van der Waals surface area contributed by atoms with Gasteiger partial charge in [-0.1, -0.05) is 0 Å². The average Bonchev–Trinajstić information content (AvgIpc) is 2.35. The number of carboxylic acid groups (broad SMARTS) is 1. The maximum atomic E-state index is 11.0. The zero-order chi connectivity index (χ0) is 10.1. The van der Waals surface area contributed by atoms with E-state index in [1.165, 1.54) is 10.9 Å². The summed E-state index contributed by atoms with van der Waals surface area (Å²) in [7, 11) is 0. The van der Waals surface area contributed by atoms with E-state index < -0.39 is 17.1 Å². The number of rotatable bonds is 3. The molecule has 0 aromatic carbocycles. The zero-order valence-electron chi connectivity index (χ0n) is 7.44. The zero-order valence-corrected chi connectivity index (χ0v) is 7.44. The van der Waals surface area contributed by atoms with E-state index in [0.717, 1.165) is 0 Å². The number of carboxylic acids is 1. The van der Waals surface area contributed by atoms with Crippen molar-refractivity contribution >= 4 is 5.97 Å². The molecule has 0 aliphatic rings. The molecule has 2 N–H and O–H groups in total. The van der Waals surface area contributed by atoms with Crippen molar-refractivity contribution in [2.24, 2.45) is 5.41 Å². The molecule has 0 bridgehead atoms. The molecule has 0 saturated heterocycles. The van der Waals surface area contributed by atoms with E-state index in [4.69, 9.17) is 5.11 Å². The molecule has 0 atom stereocenters. The van der Waals surface area contributed by atoms with E-state index in [2.05, 4.69) is 10.2 Å². The lowest BCUT2D eigenvalue weighted by Gasteiger charge is -2.18. The molecule has 0 aliphatic heterocycles. The van der Waals surface area contributed by atoms with Gasteiger partial charge in [0.1, 0.15) is 6.33 Å². The van der Waals surface area contributed by atoms with Crippen LogP contribution in [0.4, 0.5) is 0 Å². The van der Waals surface area contributed by atoms with Crippen LogP contribution in [0.25, 0.3) is 0 Å². The smallest absolute Gasteiger partial charge is 0.343 e. The molecule has 6 heteroatoms. The fraction of sp³-hybridized carbons (Fsp3) is 0.571. The molecule has 6 nitrogen and oxygen atoms in total. The molecule has 1 rings (SSSR count). The van der Waals surface area contributed by atoms with E-state index in [9.17, 15) is 9.59 Å². The second-order valence-electron chi connectivity index (χ2n) is 3.48. The minimum atomic E-state index is -0.965. The first-order chi connectivity index (χ1) is 5.93. The predicted molar refractivity (Wildman–Crippen MR) is 44.3 cm³/mol. The Morgan fingerprint density at radius 3 is 2.77 bits per heavy atom. The normalized spacial score (nSPS) is 11.5. The molecule has 0 aliphatic carbocycles. The maximum Gasteiger partial charge on any atom is 0.343 e. The van der Waals surface area contributed by atoms with Crippen LogP contribution in [0.15, 0.2) is 11.1 Å². The molecule has 0 fully saturated rings. The first kappa shape index (κ1) is 9.50. The van der Waals surface area contributed by atoms with Gasteiger partial charge in [0.25, 0.3) is 0 Å². The first-order valence-electron chi connectivity index (χ1n) is 3.77. The number of nitrogens with zero attached hydrogens (tertiary/aromatic N) is 2. The van der Waals surface area contributed by atoms with Gasteiger partial charge >= 0.3 is 11.7 Å². The number of aromatic amines is 1. The number of carbonyl (C=O) groups is 1. The van der Waals surface area contributed by atoms with Gasteiger partial charge in [-0.15, -0.1) is 0 Å². The van der Waals surface area contributed by atoms with E-state index in [1.54, 1.807) is 13.8 Å². The fourth-order valence-electron chi connectivity index (χ4n) is 0.877. The lowest BCUT2D eigenvalue weighted by molar-refractivity contribution is -0.147. The summed E-state index contributed by atoms with van der Waals surface area (Å²) < 4.78 is 1.23. The fourth-order valence-corrected chi connectivity index (χ4v) is 0.877. The maximum absolute atomic E-state index is 11.0. The van der Waals surface area contributed by atoms with Crippen LogP contribution in [-0.2, 0) is 11.3 Å². The Bertz CT molecular complexity index is 363. The topological polar surface area (TPSA) is 88.0 Å². The molecule has 72 valence electrons. The molecule has 13 heavy (non-hydrogen) atoms. The summed E-state index contributed by atoms with van der Waals surface area (Å²) in [6.45, 7) is 3.21. The molecule has 0 radical (unpaired) electrons. The third kappa shape index (κ3) is 1.95. The van der Waals surface area contributed by atoms with Crippen LogP contribution < -0.4 is 5.69 Å². The minimum absolute atomic E-state index is 0.109. The van der Waals surface area contributed by atoms with Crippen LogP contribution in [0.2, 0.25) is 0 Å². The number of aromatic nitrogens is 3. The van der Waals surface area contributed by atoms with Crippen molar-refractivity contribution in [2.75, 3.05) is 0 Å². The number of nitrogens with one attached hydrogen (secondary N) is 1. The lowest BCUT2D eigenvalue weighted by atomic mass is 9.94. The minimum Gasteiger partial charge on any atom is -0.481 e. The van der Waals surface area contributed by atoms with Gasteiger partial charge in [-0.2, -0.15) is 5.10 Å². The van der Waals surface area contributed by atoms with Crippen molar-refractivity contribution in [1.82, 2.24) is 14.8 Å². The molecule has 0 saturated carbocycles. The van der Waals surface area contributed by atoms with Crippen LogP contribution in [-0.4, -0.2) is 25.8 Å². The summed E-state index contributed by atoms with van der Waals surface area (Å²) in [5.41, 5.74) is -1.36. The van der Waals surface area contributed by atoms with E-state index >= 15 is 0 Å². The van der Waals surface area contributed by atoms with Crippen molar-refractivity contribution in [1.29, 1.82) is 0 Å². The Morgan fingerprint density at radius 2 is 2.38 bits per heavy atom. The van der Waals surface area contributed by atoms with Gasteiger partial charge in [-0.05, 0) is 13.8 Å². The quantitative estimate of drug-likeness (QED) is 0.675. The standard InChI is InChI=1S/C7H11N3O3/c1-7(2,5(11)12)3-10-4-8-9-6(10)13/h4H,3H2,1-2H3,(H,9,13)(H,11,12). The number of H-pyrrole nitrogens is 1. The van der Waals surface area contributed by atoms with Gasteiger partial charge in [-0.25, -0.2) is 9.89 Å². The van der Waals surface area contributed by atoms with Crippen LogP contribution in [0.5, 0.6) is 0 Å². The summed E-state index contributed by atoms with van der Waals surface area (Å²) >= 11 is 0. The van der Waals surface area contributed by atoms with Crippen LogP contribution in [0.3, 0.4) is 0 Å². The Labute approximate surface area is 74.2 Å². The van der Waals surface area contributed by atoms with Crippen molar-refractivity contribution < 1.29 is 9.90 Å². The monoisotopic (exact) mass is 185 g/mol. The van der Waals surface area contributed by atoms with Gasteiger partial charge in [0.2, 0.25) is 0 Å². The molecular formula is C7H11N3O3. The van der Waals surface area contributed by atoms with Gasteiger partial charge in [0.05, 0.1) is 5.41 Å². The second kappa shape index (κ2) is 3.04. The summed E-state index contributed by atoms with van der Waals surface area (Å²) in [6.07, 6.45) is 1.28. The molecule has 0 unspecified atom stereocenters. The number of aliphatic carboxylic acids is 1. The van der Waals surface area contributed by atoms with Crippen LogP contribution >= 0.6 is 0 Å². The summed E-state index contributed by atoms with van der Waals surface area (Å²) in [5.74, 6) is -0.944. The first-order valence-corrected chi connectivity index (χ1v) is 3.77. The number of hydrogen-bond acceptors (Lipinski definition) is 3. The molecule has 0 spiro atoms.